The molecule has 0 amide bonds. The SMILES string of the molecule is CCCCCCCCCCCCCCCCBr.CCCCCCCCCCCCCCCC[N+](CCO)(CCO)CCCCCCCCCCCCCCCC.CCCCCCCCCCCCCCC[NH+](CCO)CCO.OCCNCCO.[Br-].[Br-]. The first-order valence-corrected chi connectivity index (χ1v) is 39.6. The van der Waals surface area contributed by atoms with Crippen molar-refractivity contribution >= 4 is 15.9 Å². The van der Waals surface area contributed by atoms with Crippen LogP contribution in [0, 0.1) is 0 Å². The van der Waals surface area contributed by atoms with E-state index in [0.29, 0.717) is 13.1 Å². The minimum atomic E-state index is 0. The maximum Gasteiger partial charge on any atom is 0.102 e. The molecule has 8 N–H and O–H groups in total. The second kappa shape index (κ2) is 95.8. The predicted molar refractivity (Wildman–Crippen MR) is 381 cm³/mol. The lowest BCUT2D eigenvalue weighted by molar-refractivity contribution is -0.929. The Morgan fingerprint density at radius 3 is 0.644 bits per heavy atom. The van der Waals surface area contributed by atoms with Crippen molar-refractivity contribution < 1.29 is 74.0 Å². The summed E-state index contributed by atoms with van der Waals surface area (Å²) in [4.78, 5) is 1.34. The highest BCUT2D eigenvalue weighted by Crippen LogP contribution is 2.19. The Hall–Kier alpha value is 1.08. The largest absolute Gasteiger partial charge is 1.00 e. The molecule has 0 atom stereocenters. The number of nitrogens with one attached hydrogen (secondary N) is 2. The Kier molecular flexibility index (Phi) is 109. The summed E-state index contributed by atoms with van der Waals surface area (Å²) in [6.07, 6.45) is 77.4. The van der Waals surface area contributed by atoms with Crippen LogP contribution in [0.25, 0.3) is 0 Å². The first-order valence-electron chi connectivity index (χ1n) is 38.5. The molecule has 0 aliphatic carbocycles. The van der Waals surface area contributed by atoms with Crippen molar-refractivity contribution in [3.8, 4) is 0 Å². The molecule has 0 fully saturated rings. The molecule has 0 aromatic heterocycles. The summed E-state index contributed by atoms with van der Waals surface area (Å²) in [6.45, 7) is 18.1. The number of halogens is 3. The molecule has 9 nitrogen and oxygen atoms in total. The minimum absolute atomic E-state index is 0. The molecule has 0 bridgehead atoms. The fraction of sp³-hybridized carbons (Fsp3) is 1.00. The zero-order valence-electron chi connectivity index (χ0n) is 59.5. The molecule has 12 heteroatoms. The van der Waals surface area contributed by atoms with Crippen molar-refractivity contribution in [2.24, 2.45) is 0 Å². The zero-order valence-corrected chi connectivity index (χ0v) is 64.2. The van der Waals surface area contributed by atoms with Gasteiger partial charge in [0.15, 0.2) is 0 Å². The van der Waals surface area contributed by atoms with Gasteiger partial charge >= 0.3 is 0 Å². The van der Waals surface area contributed by atoms with E-state index in [2.05, 4.69) is 48.9 Å². The minimum Gasteiger partial charge on any atom is -1.00 e. The molecule has 0 aromatic carbocycles. The van der Waals surface area contributed by atoms with Crippen LogP contribution in [0.2, 0.25) is 0 Å². The van der Waals surface area contributed by atoms with Gasteiger partial charge in [-0.1, -0.05) is 352 Å². The van der Waals surface area contributed by atoms with Crippen LogP contribution in [0.4, 0.5) is 0 Å². The molecule has 0 aliphatic heterocycles. The van der Waals surface area contributed by atoms with Crippen LogP contribution in [0.3, 0.4) is 0 Å². The Morgan fingerprint density at radius 1 is 0.241 bits per heavy atom. The maximum absolute atomic E-state index is 9.76. The number of rotatable bonds is 70. The lowest BCUT2D eigenvalue weighted by Crippen LogP contribution is -3.13. The number of aliphatic hydroxyl groups excluding tert-OH is 6. The predicted octanol–water partition coefficient (Wildman–Crippen LogP) is 13.1. The fourth-order valence-electron chi connectivity index (χ4n) is 12.0. The molecule has 0 heterocycles. The van der Waals surface area contributed by atoms with Gasteiger partial charge in [-0.15, -0.1) is 0 Å². The number of alkyl halides is 1. The van der Waals surface area contributed by atoms with Gasteiger partial charge in [0.1, 0.15) is 26.2 Å². The Labute approximate surface area is 576 Å². The number of hydrogen-bond acceptors (Lipinski definition) is 7. The van der Waals surface area contributed by atoms with Crippen LogP contribution in [0.1, 0.15) is 381 Å². The van der Waals surface area contributed by atoms with E-state index in [9.17, 15) is 10.2 Å². The van der Waals surface area contributed by atoms with Gasteiger partial charge in [-0.05, 0) is 44.9 Å². The lowest BCUT2D eigenvalue weighted by Gasteiger charge is -2.38. The van der Waals surface area contributed by atoms with E-state index in [-0.39, 0.29) is 73.6 Å². The molecule has 0 rings (SSSR count). The van der Waals surface area contributed by atoms with Gasteiger partial charge in [-0.3, -0.25) is 0 Å². The maximum atomic E-state index is 9.76. The quantitative estimate of drug-likeness (QED) is 0.0172. The first kappa shape index (κ1) is 99.1. The Bertz CT molecular complexity index is 1030. The third kappa shape index (κ3) is 93.6. The van der Waals surface area contributed by atoms with Crippen molar-refractivity contribution in [2.75, 3.05) is 104 Å². The lowest BCUT2D eigenvalue weighted by atomic mass is 10.0. The van der Waals surface area contributed by atoms with E-state index >= 15 is 0 Å². The summed E-state index contributed by atoms with van der Waals surface area (Å²) >= 11 is 3.48. The van der Waals surface area contributed by atoms with E-state index in [1.54, 1.807) is 0 Å². The van der Waals surface area contributed by atoms with Gasteiger partial charge in [0.2, 0.25) is 0 Å². The van der Waals surface area contributed by atoms with Gasteiger partial charge in [0.25, 0.3) is 0 Å². The average Bonchev–Trinajstić information content (AvgIpc) is 3.70. The van der Waals surface area contributed by atoms with Crippen molar-refractivity contribution in [2.45, 2.75) is 381 Å². The van der Waals surface area contributed by atoms with Gasteiger partial charge in [-0.25, -0.2) is 0 Å². The molecular formula is C75H162Br3N3O6. The Morgan fingerprint density at radius 2 is 0.448 bits per heavy atom. The highest BCUT2D eigenvalue weighted by Gasteiger charge is 2.25. The summed E-state index contributed by atoms with van der Waals surface area (Å²) in [6, 6.07) is 0. The number of nitrogens with zero attached hydrogens (tertiary/aromatic N) is 1. The second-order valence-corrected chi connectivity index (χ2v) is 26.8. The van der Waals surface area contributed by atoms with Gasteiger partial charge in [0, 0.05) is 18.4 Å². The van der Waals surface area contributed by atoms with Crippen LogP contribution in [0.5, 0.6) is 0 Å². The van der Waals surface area contributed by atoms with Crippen molar-refractivity contribution in [1.29, 1.82) is 0 Å². The third-order valence-electron chi connectivity index (χ3n) is 17.7. The molecule has 0 radical (unpaired) electrons. The number of hydrogen-bond donors (Lipinski definition) is 8. The Balaban J connectivity index is -0.000000287. The third-order valence-corrected chi connectivity index (χ3v) is 18.3. The molecule has 534 valence electrons. The van der Waals surface area contributed by atoms with E-state index < -0.39 is 0 Å². The van der Waals surface area contributed by atoms with Crippen LogP contribution < -0.4 is 44.2 Å². The number of quaternary nitrogens is 2. The normalized spacial score (nSPS) is 11.2. The molecule has 0 saturated heterocycles. The summed E-state index contributed by atoms with van der Waals surface area (Å²) < 4.78 is 0.934. The van der Waals surface area contributed by atoms with E-state index in [0.717, 1.165) is 50.3 Å². The van der Waals surface area contributed by atoms with Crippen LogP contribution in [-0.4, -0.2) is 139 Å². The summed E-state index contributed by atoms with van der Waals surface area (Å²) in [5, 5.41) is 57.7. The van der Waals surface area contributed by atoms with Crippen LogP contribution >= 0.6 is 15.9 Å². The number of unbranched alkanes of at least 4 members (excludes halogenated alkanes) is 51. The molecule has 87 heavy (non-hydrogen) atoms. The van der Waals surface area contributed by atoms with E-state index in [1.165, 1.54) is 363 Å². The zero-order chi connectivity index (χ0) is 63.0. The standard InChI is InChI=1S/C36H76NO2.C19H41NO2.C16H33Br.C4H11NO2.2BrH/c1-3-5-7-9-11-13-15-17-19-21-23-25-27-29-31-37(33-35-38,34-36-39)32-30-28-26-24-22-20-18-16-14-12-10-8-6-4-2;1-2-3-4-5-6-7-8-9-10-11-12-13-14-15-20(16-18-21)17-19-22;1-2-3-4-5-6-7-8-9-10-11-12-13-14-15-16-17;6-3-1-5-2-4-7;;/h38-39H,3-36H2,1-2H3;21-22H,2-19H2,1H3;2-16H2,1H3;5-7H,1-4H2;2*1H/q+1;;;;;/p-1. The van der Waals surface area contributed by atoms with Crippen molar-refractivity contribution in [1.82, 2.24) is 5.32 Å². The topological polar surface area (TPSA) is 138 Å². The molecule has 0 aliphatic rings. The first-order chi connectivity index (χ1) is 41.9. The van der Waals surface area contributed by atoms with Crippen molar-refractivity contribution in [3.63, 3.8) is 0 Å². The molecule has 0 saturated carbocycles. The van der Waals surface area contributed by atoms with E-state index in [4.69, 9.17) is 20.4 Å². The summed E-state index contributed by atoms with van der Waals surface area (Å²) in [7, 11) is 0. The van der Waals surface area contributed by atoms with Crippen LogP contribution in [0.15, 0.2) is 0 Å². The molecule has 0 unspecified atom stereocenters. The fourth-order valence-corrected chi connectivity index (χ4v) is 12.4. The highest BCUT2D eigenvalue weighted by molar-refractivity contribution is 9.09. The second-order valence-electron chi connectivity index (χ2n) is 26.0. The van der Waals surface area contributed by atoms with Crippen molar-refractivity contribution in [3.05, 3.63) is 0 Å². The van der Waals surface area contributed by atoms with Crippen LogP contribution in [-0.2, 0) is 0 Å². The highest BCUT2D eigenvalue weighted by atomic mass is 79.9. The molecule has 0 aromatic rings. The number of aliphatic hydroxyl groups is 6. The molecular weight excluding hydrogens is 1280 g/mol. The monoisotopic (exact) mass is 1440 g/mol. The van der Waals surface area contributed by atoms with Gasteiger partial charge in [0.05, 0.1) is 59.3 Å². The van der Waals surface area contributed by atoms with E-state index in [1.807, 2.05) is 0 Å². The molecule has 0 spiro atoms. The van der Waals surface area contributed by atoms with Gasteiger partial charge < -0.3 is 79.3 Å². The van der Waals surface area contributed by atoms with Gasteiger partial charge in [-0.2, -0.15) is 0 Å². The summed E-state index contributed by atoms with van der Waals surface area (Å²) in [5.74, 6) is 0. The average molecular weight is 1440 g/mol. The smallest absolute Gasteiger partial charge is 0.102 e. The summed E-state index contributed by atoms with van der Waals surface area (Å²) in [5.41, 5.74) is 0.